The lowest BCUT2D eigenvalue weighted by Gasteiger charge is -2.36. The van der Waals surface area contributed by atoms with E-state index in [-0.39, 0.29) is 6.04 Å². The predicted molar refractivity (Wildman–Crippen MR) is 56.6 cm³/mol. The van der Waals surface area contributed by atoms with Crippen LogP contribution in [0.2, 0.25) is 0 Å². The quantitative estimate of drug-likeness (QED) is 0.823. The van der Waals surface area contributed by atoms with Gasteiger partial charge in [-0.05, 0) is 26.7 Å². The van der Waals surface area contributed by atoms with E-state index in [1.54, 1.807) is 13.3 Å². The molecule has 0 amide bonds. The summed E-state index contributed by atoms with van der Waals surface area (Å²) in [5, 5.41) is 3.47. The number of hydrogen-bond donors (Lipinski definition) is 1. The number of nitrogens with one attached hydrogen (secondary N) is 1. The second-order valence-corrected chi connectivity index (χ2v) is 4.22. The van der Waals surface area contributed by atoms with Crippen LogP contribution in [0.4, 0.5) is 0 Å². The Balaban J connectivity index is 1.81. The smallest absolute Gasteiger partial charge is 0.211 e. The van der Waals surface area contributed by atoms with Crippen LogP contribution < -0.4 is 5.32 Å². The van der Waals surface area contributed by atoms with Crippen molar-refractivity contribution in [3.05, 3.63) is 17.8 Å². The van der Waals surface area contributed by atoms with E-state index < -0.39 is 0 Å². The molecule has 1 aromatic rings. The van der Waals surface area contributed by atoms with Gasteiger partial charge in [0.05, 0.1) is 18.3 Å². The largest absolute Gasteiger partial charge is 0.444 e. The van der Waals surface area contributed by atoms with Gasteiger partial charge in [-0.25, -0.2) is 4.98 Å². The highest BCUT2D eigenvalue weighted by Gasteiger charge is 2.30. The zero-order valence-electron chi connectivity index (χ0n) is 9.49. The van der Waals surface area contributed by atoms with E-state index in [4.69, 9.17) is 9.15 Å². The summed E-state index contributed by atoms with van der Waals surface area (Å²) < 4.78 is 10.7. The summed E-state index contributed by atoms with van der Waals surface area (Å²) in [5.41, 5.74) is 0. The molecule has 0 aliphatic heterocycles. The van der Waals surface area contributed by atoms with Crippen LogP contribution in [-0.2, 0) is 4.74 Å². The number of aromatic nitrogens is 1. The molecule has 1 aliphatic carbocycles. The second-order valence-electron chi connectivity index (χ2n) is 4.22. The summed E-state index contributed by atoms with van der Waals surface area (Å²) in [6.45, 7) is 3.99. The normalized spacial score (nSPS) is 27.4. The van der Waals surface area contributed by atoms with Gasteiger partial charge in [0, 0.05) is 13.2 Å². The molecule has 2 rings (SSSR count). The van der Waals surface area contributed by atoms with Crippen molar-refractivity contribution < 1.29 is 9.15 Å². The average Bonchev–Trinajstić information content (AvgIpc) is 2.57. The molecular formula is C11H18N2O2. The zero-order valence-corrected chi connectivity index (χ0v) is 9.49. The Bertz CT molecular complexity index is 318. The third kappa shape index (κ3) is 2.38. The second kappa shape index (κ2) is 4.33. The lowest BCUT2D eigenvalue weighted by atomic mass is 9.89. The van der Waals surface area contributed by atoms with Crippen molar-refractivity contribution in [2.24, 2.45) is 0 Å². The third-order valence-electron chi connectivity index (χ3n) is 2.92. The Kier molecular flexibility index (Phi) is 3.07. The lowest BCUT2D eigenvalue weighted by molar-refractivity contribution is 0.0138. The molecule has 0 radical (unpaired) electrons. The van der Waals surface area contributed by atoms with Gasteiger partial charge < -0.3 is 14.5 Å². The monoisotopic (exact) mass is 210 g/mol. The maximum Gasteiger partial charge on any atom is 0.211 e. The molecule has 1 saturated carbocycles. The van der Waals surface area contributed by atoms with E-state index in [9.17, 15) is 0 Å². The van der Waals surface area contributed by atoms with Crippen LogP contribution in [-0.4, -0.2) is 24.2 Å². The van der Waals surface area contributed by atoms with Crippen molar-refractivity contribution in [1.29, 1.82) is 0 Å². The zero-order chi connectivity index (χ0) is 10.8. The molecule has 1 fully saturated rings. The van der Waals surface area contributed by atoms with Gasteiger partial charge in [-0.2, -0.15) is 0 Å². The molecule has 84 valence electrons. The molecular weight excluding hydrogens is 192 g/mol. The Hall–Kier alpha value is -0.870. The number of rotatable bonds is 4. The Morgan fingerprint density at radius 1 is 1.60 bits per heavy atom. The van der Waals surface area contributed by atoms with Crippen molar-refractivity contribution in [2.75, 3.05) is 7.11 Å². The van der Waals surface area contributed by atoms with E-state index in [1.165, 1.54) is 0 Å². The van der Waals surface area contributed by atoms with E-state index in [0.29, 0.717) is 12.1 Å². The van der Waals surface area contributed by atoms with Gasteiger partial charge in [0.2, 0.25) is 5.89 Å². The number of hydrogen-bond acceptors (Lipinski definition) is 4. The van der Waals surface area contributed by atoms with Crippen molar-refractivity contribution in [3.63, 3.8) is 0 Å². The maximum absolute atomic E-state index is 5.46. The van der Waals surface area contributed by atoms with E-state index in [1.807, 2.05) is 6.92 Å². The first-order valence-electron chi connectivity index (χ1n) is 5.40. The van der Waals surface area contributed by atoms with Crippen molar-refractivity contribution in [3.8, 4) is 0 Å². The van der Waals surface area contributed by atoms with Gasteiger partial charge in [-0.1, -0.05) is 0 Å². The van der Waals surface area contributed by atoms with Crippen molar-refractivity contribution >= 4 is 0 Å². The first-order valence-corrected chi connectivity index (χ1v) is 5.40. The van der Waals surface area contributed by atoms with Crippen LogP contribution in [0.25, 0.3) is 0 Å². The van der Waals surface area contributed by atoms with Gasteiger partial charge in [-0.15, -0.1) is 0 Å². The molecule has 4 nitrogen and oxygen atoms in total. The summed E-state index contributed by atoms with van der Waals surface area (Å²) in [7, 11) is 1.77. The number of nitrogens with zero attached hydrogens (tertiary/aromatic N) is 1. The highest BCUT2D eigenvalue weighted by Crippen LogP contribution is 2.25. The molecule has 15 heavy (non-hydrogen) atoms. The third-order valence-corrected chi connectivity index (χ3v) is 2.92. The first-order chi connectivity index (χ1) is 7.19. The summed E-state index contributed by atoms with van der Waals surface area (Å²) in [4.78, 5) is 4.21. The summed E-state index contributed by atoms with van der Waals surface area (Å²) in [6, 6.07) is 0.721. The molecule has 1 atom stereocenters. The van der Waals surface area contributed by atoms with E-state index >= 15 is 0 Å². The number of aryl methyl sites for hydroxylation is 1. The van der Waals surface area contributed by atoms with Gasteiger partial charge >= 0.3 is 0 Å². The number of methoxy groups -OCH3 is 1. The topological polar surface area (TPSA) is 47.3 Å². The van der Waals surface area contributed by atoms with Crippen LogP contribution >= 0.6 is 0 Å². The van der Waals surface area contributed by atoms with Crippen LogP contribution in [0.5, 0.6) is 0 Å². The van der Waals surface area contributed by atoms with Crippen LogP contribution in [0, 0.1) is 6.92 Å². The molecule has 0 bridgehead atoms. The number of oxazole rings is 1. The Labute approximate surface area is 90.0 Å². The molecule has 1 unspecified atom stereocenters. The highest BCUT2D eigenvalue weighted by atomic mass is 16.5. The molecule has 0 spiro atoms. The van der Waals surface area contributed by atoms with Gasteiger partial charge in [0.15, 0.2) is 0 Å². The van der Waals surface area contributed by atoms with E-state index in [2.05, 4.69) is 17.2 Å². The first kappa shape index (κ1) is 10.6. The minimum atomic E-state index is 0.182. The minimum Gasteiger partial charge on any atom is -0.444 e. The van der Waals surface area contributed by atoms with Crippen LogP contribution in [0.3, 0.4) is 0 Å². The predicted octanol–water partition coefficient (Wildman–Crippen LogP) is 1.81. The SMILES string of the molecule is COC1CC(NC(C)c2ncc(C)o2)C1. The fourth-order valence-corrected chi connectivity index (χ4v) is 1.89. The van der Waals surface area contributed by atoms with Crippen molar-refractivity contribution in [2.45, 2.75) is 44.9 Å². The summed E-state index contributed by atoms with van der Waals surface area (Å²) in [6.07, 6.45) is 4.36. The molecule has 1 heterocycles. The fourth-order valence-electron chi connectivity index (χ4n) is 1.89. The summed E-state index contributed by atoms with van der Waals surface area (Å²) in [5.74, 6) is 1.63. The maximum atomic E-state index is 5.46. The number of ether oxygens (including phenoxy) is 1. The summed E-state index contributed by atoms with van der Waals surface area (Å²) >= 11 is 0. The van der Waals surface area contributed by atoms with Crippen molar-refractivity contribution in [1.82, 2.24) is 10.3 Å². The average molecular weight is 210 g/mol. The standard InChI is InChI=1S/C11H18N2O2/c1-7-6-12-11(15-7)8(2)13-9-4-10(5-9)14-3/h6,8-10,13H,4-5H2,1-3H3. The lowest BCUT2D eigenvalue weighted by Crippen LogP contribution is -2.45. The van der Waals surface area contributed by atoms with Crippen LogP contribution in [0.15, 0.2) is 10.6 Å². The van der Waals surface area contributed by atoms with Gasteiger partial charge in [0.1, 0.15) is 5.76 Å². The Morgan fingerprint density at radius 3 is 2.87 bits per heavy atom. The van der Waals surface area contributed by atoms with Crippen LogP contribution in [0.1, 0.15) is 37.5 Å². The van der Waals surface area contributed by atoms with Gasteiger partial charge in [-0.3, -0.25) is 0 Å². The minimum absolute atomic E-state index is 0.182. The van der Waals surface area contributed by atoms with Gasteiger partial charge in [0.25, 0.3) is 0 Å². The fraction of sp³-hybridized carbons (Fsp3) is 0.727. The molecule has 0 aromatic carbocycles. The Morgan fingerprint density at radius 2 is 2.33 bits per heavy atom. The molecule has 1 aromatic heterocycles. The molecule has 1 aliphatic rings. The molecule has 1 N–H and O–H groups in total. The highest BCUT2D eigenvalue weighted by molar-refractivity contribution is 4.97. The van der Waals surface area contributed by atoms with E-state index in [0.717, 1.165) is 24.5 Å². The molecule has 0 saturated heterocycles. The molecule has 4 heteroatoms.